The number of sulfone groups is 1. The highest BCUT2D eigenvalue weighted by atomic mass is 32.2. The molecule has 2 aromatic rings. The van der Waals surface area contributed by atoms with Crippen LogP contribution in [0.1, 0.15) is 11.6 Å². The van der Waals surface area contributed by atoms with Gasteiger partial charge in [-0.05, 0) is 42.0 Å². The summed E-state index contributed by atoms with van der Waals surface area (Å²) in [6, 6.07) is 7.94. The SMILES string of the molecule is CS(=O)(=O)c1ccc(OCC(O)CN2CCN(C(C(N)=O)c3cc(F)cc(F)c3)CC2)cc1. The van der Waals surface area contributed by atoms with Crippen molar-refractivity contribution < 1.29 is 31.8 Å². The number of nitrogens with zero attached hydrogens (tertiary/aromatic N) is 2. The molecule has 3 rings (SSSR count). The number of ether oxygens (including phenoxy) is 1. The predicted molar refractivity (Wildman–Crippen MR) is 117 cm³/mol. The average Bonchev–Trinajstić information content (AvgIpc) is 2.72. The van der Waals surface area contributed by atoms with Gasteiger partial charge in [-0.3, -0.25) is 14.6 Å². The van der Waals surface area contributed by atoms with Crippen LogP contribution < -0.4 is 10.5 Å². The molecule has 3 N–H and O–H groups in total. The second-order valence-corrected chi connectivity index (χ2v) is 10.1. The summed E-state index contributed by atoms with van der Waals surface area (Å²) in [5.41, 5.74) is 5.68. The molecule has 2 aromatic carbocycles. The van der Waals surface area contributed by atoms with Crippen LogP contribution in [-0.2, 0) is 14.6 Å². The molecule has 2 atom stereocenters. The van der Waals surface area contributed by atoms with Gasteiger partial charge in [-0.2, -0.15) is 0 Å². The molecule has 1 aliphatic heterocycles. The molecule has 2 unspecified atom stereocenters. The number of primary amides is 1. The minimum Gasteiger partial charge on any atom is -0.491 e. The zero-order chi connectivity index (χ0) is 24.2. The Morgan fingerprint density at radius 1 is 1.09 bits per heavy atom. The number of nitrogens with two attached hydrogens (primary N) is 1. The van der Waals surface area contributed by atoms with Gasteiger partial charge in [0.25, 0.3) is 0 Å². The lowest BCUT2D eigenvalue weighted by Crippen LogP contribution is -2.52. The number of halogens is 2. The second-order valence-electron chi connectivity index (χ2n) is 8.05. The summed E-state index contributed by atoms with van der Waals surface area (Å²) in [5.74, 6) is -1.80. The number of rotatable bonds is 9. The monoisotopic (exact) mass is 483 g/mol. The zero-order valence-electron chi connectivity index (χ0n) is 18.2. The van der Waals surface area contributed by atoms with Gasteiger partial charge in [0.2, 0.25) is 5.91 Å². The normalized spacial score (nSPS) is 17.5. The molecule has 1 amide bonds. The van der Waals surface area contributed by atoms with Gasteiger partial charge in [0.1, 0.15) is 36.1 Å². The van der Waals surface area contributed by atoms with Gasteiger partial charge in [-0.25, -0.2) is 17.2 Å². The molecule has 8 nitrogen and oxygen atoms in total. The van der Waals surface area contributed by atoms with Crippen LogP contribution in [0.15, 0.2) is 47.4 Å². The topological polar surface area (TPSA) is 113 Å². The fraction of sp³-hybridized carbons (Fsp3) is 0.409. The average molecular weight is 484 g/mol. The van der Waals surface area contributed by atoms with Crippen LogP contribution in [0.25, 0.3) is 0 Å². The first kappa shape index (κ1) is 25.0. The number of aliphatic hydroxyl groups is 1. The molecule has 11 heteroatoms. The summed E-state index contributed by atoms with van der Waals surface area (Å²) in [6.07, 6.45) is 0.324. The van der Waals surface area contributed by atoms with E-state index >= 15 is 0 Å². The Balaban J connectivity index is 1.50. The van der Waals surface area contributed by atoms with Gasteiger partial charge in [-0.15, -0.1) is 0 Å². The Morgan fingerprint density at radius 3 is 2.18 bits per heavy atom. The van der Waals surface area contributed by atoms with E-state index in [1.54, 1.807) is 4.90 Å². The standard InChI is InChI=1S/C22H27F2N3O5S/c1-33(30,31)20-4-2-19(3-5-20)32-14-18(28)13-26-6-8-27(9-7-26)21(22(25)29)15-10-16(23)12-17(24)11-15/h2-5,10-12,18,21,28H,6-9,13-14H2,1H3,(H2,25,29). The summed E-state index contributed by atoms with van der Waals surface area (Å²) in [4.78, 5) is 15.9. The van der Waals surface area contributed by atoms with E-state index in [0.29, 0.717) is 38.5 Å². The van der Waals surface area contributed by atoms with Crippen molar-refractivity contribution in [1.29, 1.82) is 0 Å². The van der Waals surface area contributed by atoms with Crippen molar-refractivity contribution in [1.82, 2.24) is 9.80 Å². The molecule has 0 aromatic heterocycles. The first-order valence-corrected chi connectivity index (χ1v) is 12.2. The van der Waals surface area contributed by atoms with Crippen LogP contribution in [0.3, 0.4) is 0 Å². The van der Waals surface area contributed by atoms with Gasteiger partial charge < -0.3 is 15.6 Å². The maximum absolute atomic E-state index is 13.6. The van der Waals surface area contributed by atoms with E-state index in [2.05, 4.69) is 0 Å². The number of hydrogen-bond acceptors (Lipinski definition) is 7. The lowest BCUT2D eigenvalue weighted by molar-refractivity contribution is -0.124. The summed E-state index contributed by atoms with van der Waals surface area (Å²) < 4.78 is 55.7. The highest BCUT2D eigenvalue weighted by Gasteiger charge is 2.30. The van der Waals surface area contributed by atoms with E-state index in [1.165, 1.54) is 24.3 Å². The van der Waals surface area contributed by atoms with Crippen LogP contribution >= 0.6 is 0 Å². The molecule has 0 aliphatic carbocycles. The Hall–Kier alpha value is -2.60. The van der Waals surface area contributed by atoms with Crippen molar-refractivity contribution in [2.45, 2.75) is 17.0 Å². The molecule has 1 heterocycles. The summed E-state index contributed by atoms with van der Waals surface area (Å²) in [7, 11) is -3.29. The molecular weight excluding hydrogens is 456 g/mol. The summed E-state index contributed by atoms with van der Waals surface area (Å²) in [5, 5.41) is 10.3. The number of β-amino-alcohol motifs (C(OH)–C–C–N with tert-alkyl or cyclic N) is 1. The summed E-state index contributed by atoms with van der Waals surface area (Å²) >= 11 is 0. The molecule has 0 bridgehead atoms. The molecule has 180 valence electrons. The van der Waals surface area contributed by atoms with Gasteiger partial charge in [0.15, 0.2) is 9.84 Å². The number of amides is 1. The van der Waals surface area contributed by atoms with E-state index in [9.17, 15) is 27.1 Å². The minimum absolute atomic E-state index is 0.0188. The summed E-state index contributed by atoms with van der Waals surface area (Å²) in [6.45, 7) is 2.22. The fourth-order valence-corrected chi connectivity index (χ4v) is 4.45. The molecule has 1 saturated heterocycles. The number of hydrogen-bond donors (Lipinski definition) is 2. The van der Waals surface area contributed by atoms with Crippen molar-refractivity contribution in [3.63, 3.8) is 0 Å². The second kappa shape index (κ2) is 10.6. The first-order chi connectivity index (χ1) is 15.5. The lowest BCUT2D eigenvalue weighted by atomic mass is 10.0. The number of carbonyl (C=O) groups is 1. The van der Waals surface area contributed by atoms with Crippen LogP contribution in [0, 0.1) is 11.6 Å². The van der Waals surface area contributed by atoms with E-state index < -0.39 is 39.5 Å². The lowest BCUT2D eigenvalue weighted by Gasteiger charge is -2.38. The third-order valence-corrected chi connectivity index (χ3v) is 6.53. The molecule has 0 saturated carbocycles. The van der Waals surface area contributed by atoms with Crippen molar-refractivity contribution in [2.75, 3.05) is 45.6 Å². The van der Waals surface area contributed by atoms with Crippen molar-refractivity contribution in [3.8, 4) is 5.75 Å². The van der Waals surface area contributed by atoms with Gasteiger partial charge in [0, 0.05) is 45.0 Å². The quantitative estimate of drug-likeness (QED) is 0.546. The van der Waals surface area contributed by atoms with Crippen molar-refractivity contribution >= 4 is 15.7 Å². The zero-order valence-corrected chi connectivity index (χ0v) is 19.0. The van der Waals surface area contributed by atoms with E-state index in [1.807, 2.05) is 4.90 Å². The van der Waals surface area contributed by atoms with Crippen molar-refractivity contribution in [3.05, 3.63) is 59.7 Å². The Morgan fingerprint density at radius 2 is 1.67 bits per heavy atom. The minimum atomic E-state index is -3.29. The molecule has 1 fully saturated rings. The van der Waals surface area contributed by atoms with Gasteiger partial charge >= 0.3 is 0 Å². The maximum Gasteiger partial charge on any atom is 0.239 e. The van der Waals surface area contributed by atoms with Crippen molar-refractivity contribution in [2.24, 2.45) is 5.73 Å². The highest BCUT2D eigenvalue weighted by molar-refractivity contribution is 7.90. The number of carbonyl (C=O) groups excluding carboxylic acids is 1. The molecule has 0 radical (unpaired) electrons. The van der Waals surface area contributed by atoms with Crippen LogP contribution in [-0.4, -0.2) is 80.9 Å². The number of piperazine rings is 1. The van der Waals surface area contributed by atoms with E-state index in [4.69, 9.17) is 10.5 Å². The number of aliphatic hydroxyl groups excluding tert-OH is 1. The van der Waals surface area contributed by atoms with Gasteiger partial charge in [-0.1, -0.05) is 0 Å². The van der Waals surface area contributed by atoms with E-state index in [-0.39, 0.29) is 17.1 Å². The van der Waals surface area contributed by atoms with Crippen LogP contribution in [0.4, 0.5) is 8.78 Å². The Bertz CT molecular complexity index is 1050. The van der Waals surface area contributed by atoms with E-state index in [0.717, 1.165) is 24.5 Å². The third-order valence-electron chi connectivity index (χ3n) is 5.41. The van der Waals surface area contributed by atoms with Gasteiger partial charge in [0.05, 0.1) is 4.90 Å². The predicted octanol–water partition coefficient (Wildman–Crippen LogP) is 0.952. The fourth-order valence-electron chi connectivity index (χ4n) is 3.82. The Labute approximate surface area is 191 Å². The Kier molecular flexibility index (Phi) is 8.01. The first-order valence-electron chi connectivity index (χ1n) is 10.4. The smallest absolute Gasteiger partial charge is 0.239 e. The number of benzene rings is 2. The molecule has 1 aliphatic rings. The largest absolute Gasteiger partial charge is 0.491 e. The molecular formula is C22H27F2N3O5S. The highest BCUT2D eigenvalue weighted by Crippen LogP contribution is 2.24. The van der Waals surface area contributed by atoms with Crippen LogP contribution in [0.2, 0.25) is 0 Å². The maximum atomic E-state index is 13.6. The third kappa shape index (κ3) is 6.94. The van der Waals surface area contributed by atoms with Crippen LogP contribution in [0.5, 0.6) is 5.75 Å². The molecule has 33 heavy (non-hydrogen) atoms. The molecule has 0 spiro atoms.